The van der Waals surface area contributed by atoms with E-state index in [4.69, 9.17) is 0 Å². The Morgan fingerprint density at radius 2 is 1.25 bits per heavy atom. The first-order chi connectivity index (χ1) is 7.95. The molecule has 0 atom stereocenters. The van der Waals surface area contributed by atoms with Crippen molar-refractivity contribution < 1.29 is 0 Å². The molecule has 0 unspecified atom stereocenters. The maximum atomic E-state index is 3.46. The van der Waals surface area contributed by atoms with Crippen molar-refractivity contribution in [3.05, 3.63) is 0 Å². The van der Waals surface area contributed by atoms with Gasteiger partial charge in [0, 0.05) is 0 Å². The summed E-state index contributed by atoms with van der Waals surface area (Å²) in [6.07, 6.45) is 16.5. The van der Waals surface area contributed by atoms with Gasteiger partial charge in [-0.1, -0.05) is 57.8 Å². The maximum Gasteiger partial charge on any atom is -0.00463 e. The van der Waals surface area contributed by atoms with E-state index < -0.39 is 0 Å². The zero-order valence-electron chi connectivity index (χ0n) is 10.8. The Bertz CT molecular complexity index is 146. The Hall–Kier alpha value is -0.0400. The Balaban J connectivity index is 1.47. The van der Waals surface area contributed by atoms with E-state index in [1.807, 2.05) is 0 Å². The molecule has 2 rings (SSSR count). The highest BCUT2D eigenvalue weighted by Crippen LogP contribution is 2.28. The molecule has 0 aromatic heterocycles. The highest BCUT2D eigenvalue weighted by Gasteiger charge is 2.14. The Morgan fingerprint density at radius 3 is 1.88 bits per heavy atom. The maximum absolute atomic E-state index is 3.46. The minimum Gasteiger partial charge on any atom is -0.317 e. The second-order valence-electron chi connectivity index (χ2n) is 5.98. The van der Waals surface area contributed by atoms with E-state index in [2.05, 4.69) is 5.32 Å². The van der Waals surface area contributed by atoms with Crippen LogP contribution in [0, 0.1) is 11.8 Å². The SMILES string of the molecule is C1CCC(CCCCC2CCNCC2)CC1. The third-order valence-corrected chi connectivity index (χ3v) is 4.66. The van der Waals surface area contributed by atoms with Crippen molar-refractivity contribution in [3.8, 4) is 0 Å². The van der Waals surface area contributed by atoms with Gasteiger partial charge in [0.25, 0.3) is 0 Å². The molecule has 0 aromatic carbocycles. The Labute approximate surface area is 101 Å². The van der Waals surface area contributed by atoms with Crippen LogP contribution in [0.4, 0.5) is 0 Å². The lowest BCUT2D eigenvalue weighted by molar-refractivity contribution is 0.309. The number of hydrogen-bond donors (Lipinski definition) is 1. The van der Waals surface area contributed by atoms with E-state index in [1.165, 1.54) is 83.7 Å². The summed E-state index contributed by atoms with van der Waals surface area (Å²) in [7, 11) is 0. The van der Waals surface area contributed by atoms with Crippen LogP contribution in [0.2, 0.25) is 0 Å². The number of unbranched alkanes of at least 4 members (excludes halogenated alkanes) is 1. The fraction of sp³-hybridized carbons (Fsp3) is 1.00. The number of piperidine rings is 1. The van der Waals surface area contributed by atoms with Gasteiger partial charge >= 0.3 is 0 Å². The van der Waals surface area contributed by atoms with Crippen LogP contribution >= 0.6 is 0 Å². The van der Waals surface area contributed by atoms with Gasteiger partial charge in [-0.3, -0.25) is 0 Å². The average molecular weight is 223 g/mol. The molecule has 1 aliphatic carbocycles. The minimum atomic E-state index is 1.05. The molecule has 0 bridgehead atoms. The summed E-state index contributed by atoms with van der Waals surface area (Å²) in [5, 5.41) is 3.46. The molecule has 0 amide bonds. The molecule has 0 aromatic rings. The van der Waals surface area contributed by atoms with Crippen LogP contribution in [-0.2, 0) is 0 Å². The topological polar surface area (TPSA) is 12.0 Å². The zero-order chi connectivity index (χ0) is 11.1. The second kappa shape index (κ2) is 7.32. The summed E-state index contributed by atoms with van der Waals surface area (Å²) in [4.78, 5) is 0. The molecule has 1 aliphatic heterocycles. The van der Waals surface area contributed by atoms with Gasteiger partial charge in [0.2, 0.25) is 0 Å². The van der Waals surface area contributed by atoms with Crippen LogP contribution in [-0.4, -0.2) is 13.1 Å². The van der Waals surface area contributed by atoms with Crippen molar-refractivity contribution in [1.82, 2.24) is 5.32 Å². The molecule has 1 heterocycles. The van der Waals surface area contributed by atoms with E-state index in [0.717, 1.165) is 11.8 Å². The van der Waals surface area contributed by atoms with Gasteiger partial charge < -0.3 is 5.32 Å². The van der Waals surface area contributed by atoms with Crippen molar-refractivity contribution in [2.75, 3.05) is 13.1 Å². The lowest BCUT2D eigenvalue weighted by Crippen LogP contribution is -2.27. The fourth-order valence-electron chi connectivity index (χ4n) is 3.51. The Kier molecular flexibility index (Phi) is 5.68. The van der Waals surface area contributed by atoms with Gasteiger partial charge in [-0.25, -0.2) is 0 Å². The quantitative estimate of drug-likeness (QED) is 0.691. The van der Waals surface area contributed by atoms with Gasteiger partial charge in [-0.15, -0.1) is 0 Å². The zero-order valence-corrected chi connectivity index (χ0v) is 10.8. The molecule has 1 N–H and O–H groups in total. The predicted octanol–water partition coefficient (Wildman–Crippen LogP) is 4.13. The normalized spacial score (nSPS) is 24.8. The summed E-state index contributed by atoms with van der Waals surface area (Å²) in [6, 6.07) is 0. The van der Waals surface area contributed by atoms with Crippen molar-refractivity contribution >= 4 is 0 Å². The van der Waals surface area contributed by atoms with E-state index in [0.29, 0.717) is 0 Å². The van der Waals surface area contributed by atoms with Crippen molar-refractivity contribution in [1.29, 1.82) is 0 Å². The van der Waals surface area contributed by atoms with Crippen molar-refractivity contribution in [2.24, 2.45) is 11.8 Å². The second-order valence-corrected chi connectivity index (χ2v) is 5.98. The summed E-state index contributed by atoms with van der Waals surface area (Å²) in [5.74, 6) is 2.15. The lowest BCUT2D eigenvalue weighted by Gasteiger charge is -2.24. The molecule has 1 heteroatoms. The highest BCUT2D eigenvalue weighted by molar-refractivity contribution is 4.70. The van der Waals surface area contributed by atoms with Gasteiger partial charge in [0.15, 0.2) is 0 Å². The molecule has 2 aliphatic rings. The lowest BCUT2D eigenvalue weighted by atomic mass is 9.84. The Morgan fingerprint density at radius 1 is 0.688 bits per heavy atom. The molecule has 1 nitrogen and oxygen atoms in total. The van der Waals surface area contributed by atoms with Gasteiger partial charge in [0.1, 0.15) is 0 Å². The van der Waals surface area contributed by atoms with E-state index in [1.54, 1.807) is 0 Å². The minimum absolute atomic E-state index is 1.05. The van der Waals surface area contributed by atoms with Crippen LogP contribution in [0.5, 0.6) is 0 Å². The molecule has 2 fully saturated rings. The molecule has 1 saturated carbocycles. The van der Waals surface area contributed by atoms with Crippen molar-refractivity contribution in [2.45, 2.75) is 70.6 Å². The van der Waals surface area contributed by atoms with Gasteiger partial charge in [0.05, 0.1) is 0 Å². The molecule has 0 radical (unpaired) electrons. The van der Waals surface area contributed by atoms with Crippen LogP contribution < -0.4 is 5.32 Å². The summed E-state index contributed by atoms with van der Waals surface area (Å²) in [5.41, 5.74) is 0. The average Bonchev–Trinajstić information content (AvgIpc) is 2.37. The largest absolute Gasteiger partial charge is 0.317 e. The first-order valence-electron chi connectivity index (χ1n) is 7.66. The van der Waals surface area contributed by atoms with Gasteiger partial charge in [-0.05, 0) is 37.8 Å². The predicted molar refractivity (Wildman–Crippen MR) is 70.6 cm³/mol. The summed E-state index contributed by atoms with van der Waals surface area (Å²) >= 11 is 0. The smallest absolute Gasteiger partial charge is 0.00463 e. The molecule has 94 valence electrons. The van der Waals surface area contributed by atoms with Crippen molar-refractivity contribution in [3.63, 3.8) is 0 Å². The van der Waals surface area contributed by atoms with Crippen LogP contribution in [0.15, 0.2) is 0 Å². The fourth-order valence-corrected chi connectivity index (χ4v) is 3.51. The molecule has 0 spiro atoms. The summed E-state index contributed by atoms with van der Waals surface area (Å²) in [6.45, 7) is 2.54. The van der Waals surface area contributed by atoms with Gasteiger partial charge in [-0.2, -0.15) is 0 Å². The highest BCUT2D eigenvalue weighted by atomic mass is 14.9. The third kappa shape index (κ3) is 4.45. The first kappa shape index (κ1) is 12.4. The summed E-state index contributed by atoms with van der Waals surface area (Å²) < 4.78 is 0. The van der Waals surface area contributed by atoms with Crippen LogP contribution in [0.1, 0.15) is 70.6 Å². The van der Waals surface area contributed by atoms with Crippen LogP contribution in [0.3, 0.4) is 0 Å². The molecular weight excluding hydrogens is 194 g/mol. The first-order valence-corrected chi connectivity index (χ1v) is 7.66. The third-order valence-electron chi connectivity index (χ3n) is 4.66. The molecular formula is C15H29N. The standard InChI is InChI=1S/C15H29N/c1-2-6-14(7-3-1)8-4-5-9-15-10-12-16-13-11-15/h14-16H,1-13H2. The number of hydrogen-bond acceptors (Lipinski definition) is 1. The van der Waals surface area contributed by atoms with E-state index >= 15 is 0 Å². The van der Waals surface area contributed by atoms with Crippen LogP contribution in [0.25, 0.3) is 0 Å². The molecule has 1 saturated heterocycles. The number of nitrogens with one attached hydrogen (secondary N) is 1. The van der Waals surface area contributed by atoms with E-state index in [-0.39, 0.29) is 0 Å². The number of rotatable bonds is 5. The van der Waals surface area contributed by atoms with E-state index in [9.17, 15) is 0 Å². The molecule has 16 heavy (non-hydrogen) atoms. The monoisotopic (exact) mass is 223 g/mol.